The maximum absolute atomic E-state index is 10.7. The summed E-state index contributed by atoms with van der Waals surface area (Å²) in [7, 11) is -2.99. The molecule has 4 aromatic rings. The minimum Gasteiger partial charge on any atom is -0.415 e. The van der Waals surface area contributed by atoms with E-state index < -0.39 is 10.6 Å². The Morgan fingerprint density at radius 3 is 2.30 bits per heavy atom. The van der Waals surface area contributed by atoms with Crippen molar-refractivity contribution in [1.82, 2.24) is 20.2 Å². The molecule has 2 N–H and O–H groups in total. The van der Waals surface area contributed by atoms with E-state index in [4.69, 9.17) is 4.42 Å². The minimum atomic E-state index is -2.99. The van der Waals surface area contributed by atoms with Crippen LogP contribution in [0.1, 0.15) is 19.5 Å². The zero-order valence-corrected chi connectivity index (χ0v) is 17.7. The molecule has 30 heavy (non-hydrogen) atoms. The first-order valence-corrected chi connectivity index (χ1v) is 11.1. The number of benzene rings is 2. The maximum atomic E-state index is 10.7. The third-order valence-corrected chi connectivity index (χ3v) is 7.07. The highest BCUT2D eigenvalue weighted by Gasteiger charge is 2.25. The molecule has 0 saturated heterocycles. The molecule has 0 aliphatic rings. The summed E-state index contributed by atoms with van der Waals surface area (Å²) in [4.78, 5) is 9.57. The fourth-order valence-corrected chi connectivity index (χ4v) is 4.28. The van der Waals surface area contributed by atoms with Gasteiger partial charge in [0.15, 0.2) is 0 Å². The van der Waals surface area contributed by atoms with Crippen molar-refractivity contribution in [2.24, 2.45) is 0 Å². The molecule has 0 fully saturated rings. The number of rotatable bonds is 5. The number of hydrogen-bond donors (Lipinski definition) is 2. The predicted octanol–water partition coefficient (Wildman–Crippen LogP) is 5.69. The summed E-state index contributed by atoms with van der Waals surface area (Å²) in [5, 5.41) is 7.94. The summed E-state index contributed by atoms with van der Waals surface area (Å²) in [5.74, 6) is 0.653. The molecule has 7 nitrogen and oxygen atoms in total. The lowest BCUT2D eigenvalue weighted by Crippen LogP contribution is -2.12. The molecule has 0 saturated carbocycles. The van der Waals surface area contributed by atoms with Crippen LogP contribution in [0.3, 0.4) is 0 Å². The number of aryl methyl sites for hydroxylation is 1. The number of nitrogens with zero attached hydrogens (tertiary/aromatic N) is 4. The van der Waals surface area contributed by atoms with Crippen LogP contribution in [0.4, 0.5) is 0 Å². The first-order chi connectivity index (χ1) is 14.4. The Bertz CT molecular complexity index is 1180. The molecule has 0 unspecified atom stereocenters. The van der Waals surface area contributed by atoms with Crippen LogP contribution in [0.15, 0.2) is 70.1 Å². The molecule has 0 amide bonds. The Balaban J connectivity index is 1.79. The van der Waals surface area contributed by atoms with Crippen LogP contribution >= 0.6 is 10.6 Å². The van der Waals surface area contributed by atoms with E-state index in [1.165, 1.54) is 0 Å². The van der Waals surface area contributed by atoms with Crippen molar-refractivity contribution >= 4 is 10.6 Å². The molecule has 154 valence electrons. The van der Waals surface area contributed by atoms with Gasteiger partial charge in [0.05, 0.1) is 22.5 Å². The van der Waals surface area contributed by atoms with Gasteiger partial charge in [-0.2, -0.15) is 10.6 Å². The lowest BCUT2D eigenvalue weighted by molar-refractivity contribution is 0.477. The number of aromatic nitrogens is 4. The molecule has 2 aromatic carbocycles. The van der Waals surface area contributed by atoms with Crippen molar-refractivity contribution < 1.29 is 13.5 Å². The topological polar surface area (TPSA) is 105 Å². The summed E-state index contributed by atoms with van der Waals surface area (Å²) >= 11 is 0. The lowest BCUT2D eigenvalue weighted by Gasteiger charge is -2.37. The first kappa shape index (κ1) is 20.2. The quantitative estimate of drug-likeness (QED) is 0.426. The van der Waals surface area contributed by atoms with Gasteiger partial charge in [-0.25, -0.2) is 4.98 Å². The van der Waals surface area contributed by atoms with Crippen LogP contribution < -0.4 is 0 Å². The standard InChI is InChI=1S/C22H22N4O3S/c1-14(2)30(27,28)19-12-8-7-11-17(19)18-13-23-15(3)20(24-18)22-26-25-21(29-22)16-9-5-4-6-10-16/h4-14,27-28H,1-3H3. The second-order valence-corrected chi connectivity index (χ2v) is 9.67. The van der Waals surface area contributed by atoms with Crippen molar-refractivity contribution in [3.63, 3.8) is 0 Å². The van der Waals surface area contributed by atoms with Crippen molar-refractivity contribution in [1.29, 1.82) is 0 Å². The van der Waals surface area contributed by atoms with E-state index in [0.717, 1.165) is 5.56 Å². The third kappa shape index (κ3) is 3.72. The third-order valence-electron chi connectivity index (χ3n) is 4.75. The van der Waals surface area contributed by atoms with Gasteiger partial charge in [0.1, 0.15) is 5.69 Å². The predicted molar refractivity (Wildman–Crippen MR) is 117 cm³/mol. The van der Waals surface area contributed by atoms with E-state index in [1.54, 1.807) is 38.2 Å². The van der Waals surface area contributed by atoms with E-state index in [9.17, 15) is 9.11 Å². The molecule has 0 aliphatic heterocycles. The highest BCUT2D eigenvalue weighted by atomic mass is 32.3. The molecule has 0 aliphatic carbocycles. The highest BCUT2D eigenvalue weighted by molar-refractivity contribution is 8.24. The Kier molecular flexibility index (Phi) is 5.38. The fraction of sp³-hybridized carbons (Fsp3) is 0.182. The molecule has 0 spiro atoms. The van der Waals surface area contributed by atoms with Crippen molar-refractivity contribution in [3.05, 3.63) is 66.5 Å². The van der Waals surface area contributed by atoms with Gasteiger partial charge in [0.2, 0.25) is 5.89 Å². The van der Waals surface area contributed by atoms with Gasteiger partial charge >= 0.3 is 0 Å². The number of hydrogen-bond acceptors (Lipinski definition) is 7. The van der Waals surface area contributed by atoms with Gasteiger partial charge < -0.3 is 4.42 Å². The molecule has 4 rings (SSSR count). The average molecular weight is 423 g/mol. The Labute approximate surface area is 176 Å². The van der Waals surface area contributed by atoms with Crippen molar-refractivity contribution in [3.8, 4) is 34.3 Å². The van der Waals surface area contributed by atoms with Crippen molar-refractivity contribution in [2.75, 3.05) is 0 Å². The normalized spacial score (nSPS) is 12.3. The Morgan fingerprint density at radius 2 is 1.57 bits per heavy atom. The Hall–Kier alpha value is -3.07. The van der Waals surface area contributed by atoms with E-state index in [-0.39, 0.29) is 11.1 Å². The minimum absolute atomic E-state index is 0.258. The maximum Gasteiger partial charge on any atom is 0.268 e. The van der Waals surface area contributed by atoms with Crippen LogP contribution in [0.2, 0.25) is 0 Å². The molecule has 0 bridgehead atoms. The molecule has 0 atom stereocenters. The van der Waals surface area contributed by atoms with Gasteiger partial charge in [-0.05, 0) is 39.0 Å². The zero-order valence-electron chi connectivity index (χ0n) is 16.9. The molecular weight excluding hydrogens is 400 g/mol. The molecule has 2 aromatic heterocycles. The monoisotopic (exact) mass is 422 g/mol. The van der Waals surface area contributed by atoms with Crippen LogP contribution in [-0.2, 0) is 0 Å². The van der Waals surface area contributed by atoms with Crippen LogP contribution in [-0.4, -0.2) is 34.5 Å². The van der Waals surface area contributed by atoms with E-state index >= 15 is 0 Å². The van der Waals surface area contributed by atoms with Crippen LogP contribution in [0.25, 0.3) is 34.3 Å². The van der Waals surface area contributed by atoms with Crippen LogP contribution in [0.5, 0.6) is 0 Å². The molecule has 0 radical (unpaired) electrons. The fourth-order valence-electron chi connectivity index (χ4n) is 2.99. The Morgan fingerprint density at radius 1 is 0.900 bits per heavy atom. The van der Waals surface area contributed by atoms with Gasteiger partial charge in [-0.3, -0.25) is 14.1 Å². The lowest BCUT2D eigenvalue weighted by atomic mass is 10.1. The smallest absolute Gasteiger partial charge is 0.268 e. The molecule has 8 heteroatoms. The average Bonchev–Trinajstić information content (AvgIpc) is 3.25. The second-order valence-electron chi connectivity index (χ2n) is 7.11. The van der Waals surface area contributed by atoms with E-state index in [0.29, 0.717) is 33.4 Å². The molecular formula is C22H22N4O3S. The summed E-state index contributed by atoms with van der Waals surface area (Å²) in [6, 6.07) is 16.6. The van der Waals surface area contributed by atoms with Gasteiger partial charge in [-0.15, -0.1) is 10.2 Å². The highest BCUT2D eigenvalue weighted by Crippen LogP contribution is 2.55. The van der Waals surface area contributed by atoms with Gasteiger partial charge in [-0.1, -0.05) is 36.4 Å². The van der Waals surface area contributed by atoms with Gasteiger partial charge in [0.25, 0.3) is 5.89 Å². The second kappa shape index (κ2) is 7.98. The summed E-state index contributed by atoms with van der Waals surface area (Å²) in [6.07, 6.45) is 1.61. The zero-order chi connectivity index (χ0) is 21.3. The summed E-state index contributed by atoms with van der Waals surface area (Å²) < 4.78 is 27.3. The van der Waals surface area contributed by atoms with E-state index in [2.05, 4.69) is 20.2 Å². The first-order valence-electron chi connectivity index (χ1n) is 9.47. The van der Waals surface area contributed by atoms with Crippen molar-refractivity contribution in [2.45, 2.75) is 30.9 Å². The molecule has 2 heterocycles. The largest absolute Gasteiger partial charge is 0.415 e. The summed E-state index contributed by atoms with van der Waals surface area (Å²) in [6.45, 7) is 5.37. The van der Waals surface area contributed by atoms with Gasteiger partial charge in [0, 0.05) is 16.4 Å². The van der Waals surface area contributed by atoms with Crippen LogP contribution in [0, 0.1) is 6.92 Å². The SMILES string of the molecule is Cc1ncc(-c2ccccc2S(O)(O)C(C)C)nc1-c1nnc(-c2ccccc2)o1. The summed E-state index contributed by atoms with van der Waals surface area (Å²) in [5.41, 5.74) is 3.02. The van der Waals surface area contributed by atoms with E-state index in [1.807, 2.05) is 43.3 Å².